The predicted octanol–water partition coefficient (Wildman–Crippen LogP) is 3.99. The minimum absolute atomic E-state index is 0.116. The third-order valence-corrected chi connectivity index (χ3v) is 5.74. The summed E-state index contributed by atoms with van der Waals surface area (Å²) in [7, 11) is 0. The lowest BCUT2D eigenvalue weighted by atomic mass is 10.0. The molecule has 0 amide bonds. The van der Waals surface area contributed by atoms with Crippen molar-refractivity contribution in [2.24, 2.45) is 0 Å². The molecule has 0 radical (unpaired) electrons. The highest BCUT2D eigenvalue weighted by atomic mass is 32.1. The van der Waals surface area contributed by atoms with Crippen molar-refractivity contribution in [3.63, 3.8) is 0 Å². The summed E-state index contributed by atoms with van der Waals surface area (Å²) in [6.45, 7) is 6.39. The van der Waals surface area contributed by atoms with Crippen LogP contribution < -0.4 is 10.2 Å². The molecule has 1 aliphatic rings. The standard InChI is InChI=1S/C20H28N2OS/c1-15(14-20-4-3-13-24-20)21-16(2)17-5-7-18(8-6-17)22-11-9-19(23)10-12-22/h3-8,13,15-16,19,21,23H,9-12,14H2,1-2H3. The molecule has 2 atom stereocenters. The lowest BCUT2D eigenvalue weighted by molar-refractivity contribution is 0.145. The van der Waals surface area contributed by atoms with E-state index in [2.05, 4.69) is 65.8 Å². The lowest BCUT2D eigenvalue weighted by Crippen LogP contribution is -2.35. The van der Waals surface area contributed by atoms with Gasteiger partial charge in [0, 0.05) is 35.7 Å². The molecular formula is C20H28N2OS. The van der Waals surface area contributed by atoms with Crippen LogP contribution in [-0.4, -0.2) is 30.3 Å². The van der Waals surface area contributed by atoms with Crippen molar-refractivity contribution in [2.45, 2.75) is 51.3 Å². The Balaban J connectivity index is 1.54. The molecule has 2 aromatic rings. The second-order valence-electron chi connectivity index (χ2n) is 6.88. The van der Waals surface area contributed by atoms with Crippen molar-refractivity contribution in [1.82, 2.24) is 5.32 Å². The number of rotatable bonds is 6. The molecule has 2 heterocycles. The van der Waals surface area contributed by atoms with Gasteiger partial charge in [-0.1, -0.05) is 18.2 Å². The maximum atomic E-state index is 9.63. The van der Waals surface area contributed by atoms with Gasteiger partial charge in [-0.15, -0.1) is 11.3 Å². The molecule has 1 aliphatic heterocycles. The molecule has 3 rings (SSSR count). The maximum Gasteiger partial charge on any atom is 0.0574 e. The van der Waals surface area contributed by atoms with Crippen molar-refractivity contribution in [2.75, 3.05) is 18.0 Å². The van der Waals surface area contributed by atoms with Crippen LogP contribution >= 0.6 is 11.3 Å². The summed E-state index contributed by atoms with van der Waals surface area (Å²) in [6.07, 6.45) is 2.71. The van der Waals surface area contributed by atoms with Crippen LogP contribution in [-0.2, 0) is 6.42 Å². The largest absolute Gasteiger partial charge is 0.393 e. The van der Waals surface area contributed by atoms with Gasteiger partial charge in [-0.05, 0) is 62.3 Å². The van der Waals surface area contributed by atoms with Crippen molar-refractivity contribution >= 4 is 17.0 Å². The summed E-state index contributed by atoms with van der Waals surface area (Å²) in [5.74, 6) is 0. The van der Waals surface area contributed by atoms with Crippen LogP contribution in [0.4, 0.5) is 5.69 Å². The molecule has 1 saturated heterocycles. The Morgan fingerprint density at radius 2 is 1.88 bits per heavy atom. The zero-order valence-corrected chi connectivity index (χ0v) is 15.4. The minimum Gasteiger partial charge on any atom is -0.393 e. The highest BCUT2D eigenvalue weighted by Crippen LogP contribution is 2.23. The van der Waals surface area contributed by atoms with Gasteiger partial charge in [0.2, 0.25) is 0 Å². The Labute approximate surface area is 149 Å². The predicted molar refractivity (Wildman–Crippen MR) is 103 cm³/mol. The van der Waals surface area contributed by atoms with Gasteiger partial charge in [0.1, 0.15) is 0 Å². The van der Waals surface area contributed by atoms with E-state index in [-0.39, 0.29) is 6.10 Å². The highest BCUT2D eigenvalue weighted by Gasteiger charge is 2.17. The van der Waals surface area contributed by atoms with E-state index in [1.807, 2.05) is 11.3 Å². The van der Waals surface area contributed by atoms with Crippen LogP contribution in [0.2, 0.25) is 0 Å². The van der Waals surface area contributed by atoms with Gasteiger partial charge >= 0.3 is 0 Å². The average Bonchev–Trinajstić information content (AvgIpc) is 3.08. The molecule has 2 unspecified atom stereocenters. The minimum atomic E-state index is -0.116. The highest BCUT2D eigenvalue weighted by molar-refractivity contribution is 7.09. The number of anilines is 1. The Morgan fingerprint density at radius 3 is 2.50 bits per heavy atom. The number of aliphatic hydroxyl groups is 1. The first kappa shape index (κ1) is 17.5. The Hall–Kier alpha value is -1.36. The van der Waals surface area contributed by atoms with Crippen molar-refractivity contribution in [1.29, 1.82) is 0 Å². The summed E-state index contributed by atoms with van der Waals surface area (Å²) < 4.78 is 0. The van der Waals surface area contributed by atoms with E-state index >= 15 is 0 Å². The molecule has 4 heteroatoms. The number of nitrogens with zero attached hydrogens (tertiary/aromatic N) is 1. The maximum absolute atomic E-state index is 9.63. The van der Waals surface area contributed by atoms with E-state index in [1.165, 1.54) is 16.1 Å². The quantitative estimate of drug-likeness (QED) is 0.832. The molecule has 1 aromatic carbocycles. The van der Waals surface area contributed by atoms with E-state index in [0.717, 1.165) is 32.4 Å². The molecule has 0 saturated carbocycles. The first-order valence-electron chi connectivity index (χ1n) is 8.93. The van der Waals surface area contributed by atoms with Crippen LogP contribution in [0.15, 0.2) is 41.8 Å². The zero-order chi connectivity index (χ0) is 16.9. The van der Waals surface area contributed by atoms with Gasteiger partial charge < -0.3 is 15.3 Å². The normalized spacial score (nSPS) is 18.5. The Morgan fingerprint density at radius 1 is 1.17 bits per heavy atom. The molecule has 0 aliphatic carbocycles. The Bertz CT molecular complexity index is 603. The van der Waals surface area contributed by atoms with E-state index in [9.17, 15) is 5.11 Å². The number of thiophene rings is 1. The third kappa shape index (κ3) is 4.59. The number of piperidine rings is 1. The van der Waals surface area contributed by atoms with Gasteiger partial charge in [-0.3, -0.25) is 0 Å². The van der Waals surface area contributed by atoms with Crippen LogP contribution in [0.25, 0.3) is 0 Å². The molecule has 24 heavy (non-hydrogen) atoms. The molecule has 2 N–H and O–H groups in total. The number of aliphatic hydroxyl groups excluding tert-OH is 1. The molecule has 0 bridgehead atoms. The SMILES string of the molecule is CC(Cc1cccs1)NC(C)c1ccc(N2CCC(O)CC2)cc1. The monoisotopic (exact) mass is 344 g/mol. The molecule has 0 spiro atoms. The van der Waals surface area contributed by atoms with E-state index < -0.39 is 0 Å². The summed E-state index contributed by atoms with van der Waals surface area (Å²) in [6, 6.07) is 14.0. The molecular weight excluding hydrogens is 316 g/mol. The smallest absolute Gasteiger partial charge is 0.0574 e. The number of hydrogen-bond acceptors (Lipinski definition) is 4. The third-order valence-electron chi connectivity index (χ3n) is 4.84. The summed E-state index contributed by atoms with van der Waals surface area (Å²) in [5, 5.41) is 15.5. The molecule has 1 fully saturated rings. The van der Waals surface area contributed by atoms with Gasteiger partial charge in [0.05, 0.1) is 6.10 Å². The topological polar surface area (TPSA) is 35.5 Å². The van der Waals surface area contributed by atoms with Crippen LogP contribution in [0.3, 0.4) is 0 Å². The average molecular weight is 345 g/mol. The van der Waals surface area contributed by atoms with Crippen LogP contribution in [0.1, 0.15) is 43.2 Å². The number of hydrogen-bond donors (Lipinski definition) is 2. The fourth-order valence-electron chi connectivity index (χ4n) is 3.41. The second kappa shape index (κ2) is 8.15. The van der Waals surface area contributed by atoms with Crippen molar-refractivity contribution in [3.05, 3.63) is 52.2 Å². The fraction of sp³-hybridized carbons (Fsp3) is 0.500. The van der Waals surface area contributed by atoms with Gasteiger partial charge in [0.15, 0.2) is 0 Å². The first-order chi connectivity index (χ1) is 11.6. The van der Waals surface area contributed by atoms with E-state index in [0.29, 0.717) is 12.1 Å². The lowest BCUT2D eigenvalue weighted by Gasteiger charge is -2.31. The van der Waals surface area contributed by atoms with Gasteiger partial charge in [-0.2, -0.15) is 0 Å². The van der Waals surface area contributed by atoms with Crippen molar-refractivity contribution < 1.29 is 5.11 Å². The summed E-state index contributed by atoms with van der Waals surface area (Å²) in [4.78, 5) is 3.80. The zero-order valence-electron chi connectivity index (χ0n) is 14.6. The molecule has 3 nitrogen and oxygen atoms in total. The molecule has 130 valence electrons. The number of nitrogens with one attached hydrogen (secondary N) is 1. The van der Waals surface area contributed by atoms with E-state index in [4.69, 9.17) is 0 Å². The van der Waals surface area contributed by atoms with Crippen molar-refractivity contribution in [3.8, 4) is 0 Å². The second-order valence-corrected chi connectivity index (χ2v) is 7.91. The van der Waals surface area contributed by atoms with Crippen LogP contribution in [0, 0.1) is 0 Å². The van der Waals surface area contributed by atoms with Gasteiger partial charge in [-0.25, -0.2) is 0 Å². The van der Waals surface area contributed by atoms with Crippen LogP contribution in [0.5, 0.6) is 0 Å². The summed E-state index contributed by atoms with van der Waals surface area (Å²) in [5.41, 5.74) is 2.60. The first-order valence-corrected chi connectivity index (χ1v) is 9.81. The number of benzene rings is 1. The fourth-order valence-corrected chi connectivity index (χ4v) is 4.25. The van der Waals surface area contributed by atoms with E-state index in [1.54, 1.807) is 0 Å². The molecule has 1 aromatic heterocycles. The summed E-state index contributed by atoms with van der Waals surface area (Å²) >= 11 is 1.83. The Kier molecular flexibility index (Phi) is 5.93. The van der Waals surface area contributed by atoms with Gasteiger partial charge in [0.25, 0.3) is 0 Å².